The van der Waals surface area contributed by atoms with E-state index < -0.39 is 32.6 Å². The molecule has 0 bridgehead atoms. The van der Waals surface area contributed by atoms with Crippen LogP contribution in [0.3, 0.4) is 0 Å². The van der Waals surface area contributed by atoms with Crippen LogP contribution in [0.25, 0.3) is 0 Å². The Morgan fingerprint density at radius 2 is 0.872 bits per heavy atom. The number of hydrogen-bond donors (Lipinski definition) is 0. The van der Waals surface area contributed by atoms with Crippen molar-refractivity contribution < 1.29 is 63.3 Å². The predicted molar refractivity (Wildman–Crippen MR) is 389 cm³/mol. The van der Waals surface area contributed by atoms with Crippen molar-refractivity contribution in [1.29, 1.82) is 5.26 Å². The van der Waals surface area contributed by atoms with Gasteiger partial charge in [-0.05, 0) is 164 Å². The number of rotatable bonds is 29. The molecule has 0 aliphatic heterocycles. The Balaban J connectivity index is 0.000000539. The van der Waals surface area contributed by atoms with E-state index in [1.54, 1.807) is 77.7 Å². The van der Waals surface area contributed by atoms with Gasteiger partial charge < -0.3 is 45.2 Å². The van der Waals surface area contributed by atoms with Crippen molar-refractivity contribution in [1.82, 2.24) is 0 Å². The van der Waals surface area contributed by atoms with Gasteiger partial charge >= 0.3 is 26.9 Å². The summed E-state index contributed by atoms with van der Waals surface area (Å²) in [5.74, 6) is 1.60. The second-order valence-corrected chi connectivity index (χ2v) is 39.9. The number of hydrogen-bond acceptors (Lipinski definition) is 23. The molecule has 0 aliphatic rings. The van der Waals surface area contributed by atoms with Crippen molar-refractivity contribution in [3.63, 3.8) is 0 Å². The first-order valence-electron chi connectivity index (χ1n) is 24.3. The number of nitrogens with zero attached hydrogens (tertiary/aromatic N) is 1. The van der Waals surface area contributed by atoms with Gasteiger partial charge in [-0.1, -0.05) is 92.6 Å². The largest absolute Gasteiger partial charge is 0.424 e. The maximum Gasteiger partial charge on any atom is 0.380 e. The molecule has 5 aromatic rings. The first-order valence-corrected chi connectivity index (χ1v) is 45.2. The van der Waals surface area contributed by atoms with Crippen LogP contribution in [-0.4, -0.2) is 79.4 Å². The molecule has 0 saturated carbocycles. The molecule has 0 saturated heterocycles. The van der Waals surface area contributed by atoms with Gasteiger partial charge in [0.2, 0.25) is 5.69 Å². The van der Waals surface area contributed by atoms with E-state index in [-0.39, 0.29) is 0 Å². The minimum absolute atomic E-state index is 0.321. The van der Waals surface area contributed by atoms with E-state index in [0.29, 0.717) is 107 Å². The standard InChI is InChI=1S/C11H15Cl2O3PS2.C11H16ClO2PS3.C10H12BrCl2O3PS.C9H10NO3PS.C8H8BrCl2O3PS/c1-4-14-17(18,15-5-2)16-8-6-7-9(19-3)11(13)10(8)12;1-3-13-15(16,14-4-2)18-9-17-11-7-5-10(12)6-8-11;1-3-14-17(18,15-4-2)16-10-6-8(12)7(11)5-9(10)13;1-11-14(15,12-2)13-9-5-3-8(7-10)4-6-9;1-12-15(16,13-2)14-8-4-6(10)5(9)3-7(8)11/h6-7H,4-5H2,1-3H3;5-8H,3-4,9H2,1-2H3;5-6H,3-4H2,1-2H3;3-6H,1-2H3;3-4H,1-2H3. The summed E-state index contributed by atoms with van der Waals surface area (Å²) in [4.78, 5) is 2.04. The molecule has 0 radical (unpaired) electrons. The van der Waals surface area contributed by atoms with Crippen molar-refractivity contribution in [2.75, 3.05) is 79.4 Å². The van der Waals surface area contributed by atoms with Crippen LogP contribution in [0.1, 0.15) is 47.1 Å². The number of halogens is 9. The van der Waals surface area contributed by atoms with Gasteiger partial charge in [-0.15, -0.1) is 23.5 Å². The minimum atomic E-state index is -2.83. The molecule has 0 unspecified atom stereocenters. The van der Waals surface area contributed by atoms with E-state index >= 15 is 0 Å². The van der Waals surface area contributed by atoms with E-state index in [0.717, 1.165) is 15.0 Å². The van der Waals surface area contributed by atoms with E-state index in [1.165, 1.54) is 45.1 Å². The normalized spacial score (nSPS) is 11.5. The Kier molecular flexibility index (Phi) is 45.0. The third kappa shape index (κ3) is 32.4. The van der Waals surface area contributed by atoms with Gasteiger partial charge in [0.15, 0.2) is 0 Å². The Labute approximate surface area is 595 Å². The lowest BCUT2D eigenvalue weighted by atomic mass is 10.2. The SMILES string of the molecule is CCOP(=S)(OCC)Oc1cc(Cl)c(Br)cc1Cl.CCOP(=S)(OCC)Oc1ccc(SC)c(Cl)c1Cl.CCOP(=S)(OCC)SCSc1ccc(Cl)cc1.COP(=S)(OC)Oc1cc(Cl)c(Br)cc1Cl.COP(=S)(OC)Oc1ccc(C#N)cc1. The summed E-state index contributed by atoms with van der Waals surface area (Å²) in [6.45, 7) is 2.85. The predicted octanol–water partition coefficient (Wildman–Crippen LogP) is 23.4. The van der Waals surface area contributed by atoms with Crippen LogP contribution in [-0.2, 0) is 104 Å². The minimum Gasteiger partial charge on any atom is -0.424 e. The molecule has 0 aromatic heterocycles. The zero-order chi connectivity index (χ0) is 65.3. The van der Waals surface area contributed by atoms with Crippen molar-refractivity contribution >= 4 is 240 Å². The Morgan fingerprint density at radius 3 is 1.26 bits per heavy atom. The molecule has 5 rings (SSSR count). The summed E-state index contributed by atoms with van der Waals surface area (Å²) in [5.41, 5.74) is -1.60. The molecule has 0 atom stereocenters. The number of benzene rings is 5. The average Bonchev–Trinajstić information content (AvgIpc) is 1.95. The monoisotopic (exact) mass is 1700 g/mol. The van der Waals surface area contributed by atoms with Gasteiger partial charge in [-0.25, -0.2) is 0 Å². The van der Waals surface area contributed by atoms with Gasteiger partial charge in [-0.3, -0.25) is 18.1 Å². The van der Waals surface area contributed by atoms with E-state index in [9.17, 15) is 0 Å². The summed E-state index contributed by atoms with van der Waals surface area (Å²) in [5, 5.41) is 12.6. The lowest BCUT2D eigenvalue weighted by Gasteiger charge is -2.22. The first-order chi connectivity index (χ1) is 40.5. The molecule has 0 heterocycles. The molecule has 86 heavy (non-hydrogen) atoms. The van der Waals surface area contributed by atoms with Crippen molar-refractivity contribution in [3.05, 3.63) is 135 Å². The van der Waals surface area contributed by atoms with Crippen molar-refractivity contribution in [2.45, 2.75) is 51.3 Å². The molecule has 482 valence electrons. The third-order valence-electron chi connectivity index (χ3n) is 8.88. The van der Waals surface area contributed by atoms with Crippen LogP contribution < -0.4 is 18.1 Å². The van der Waals surface area contributed by atoms with Crippen LogP contribution in [0.4, 0.5) is 0 Å². The molecular weight excluding hydrogens is 1650 g/mol. The molecule has 0 N–H and O–H groups in total. The molecule has 0 spiro atoms. The van der Waals surface area contributed by atoms with Crippen LogP contribution >= 0.6 is 181 Å². The summed E-state index contributed by atoms with van der Waals surface area (Å²) < 4.78 is 75.9. The van der Waals surface area contributed by atoms with Crippen LogP contribution in [0.5, 0.6) is 23.0 Å². The Bertz CT molecular complexity index is 3140. The fourth-order valence-electron chi connectivity index (χ4n) is 5.20. The van der Waals surface area contributed by atoms with Crippen molar-refractivity contribution in [3.8, 4) is 29.1 Å². The molecule has 0 aliphatic carbocycles. The molecule has 37 heteroatoms. The average molecular weight is 1710 g/mol. The Morgan fingerprint density at radius 1 is 0.477 bits per heavy atom. The molecule has 15 nitrogen and oxygen atoms in total. The molecule has 0 fully saturated rings. The smallest absolute Gasteiger partial charge is 0.380 e. The van der Waals surface area contributed by atoms with Crippen LogP contribution in [0, 0.1) is 11.3 Å². The summed E-state index contributed by atoms with van der Waals surface area (Å²) in [6.07, 6.45) is 1.92. The highest BCUT2D eigenvalue weighted by atomic mass is 79.9. The third-order valence-corrected chi connectivity index (χ3v) is 30.7. The van der Waals surface area contributed by atoms with Crippen LogP contribution in [0.2, 0.25) is 35.2 Å². The van der Waals surface area contributed by atoms with E-state index in [1.807, 2.05) is 84.2 Å². The highest BCUT2D eigenvalue weighted by molar-refractivity contribution is 9.11. The maximum atomic E-state index is 8.60. The van der Waals surface area contributed by atoms with E-state index in [2.05, 4.69) is 31.9 Å². The lowest BCUT2D eigenvalue weighted by Crippen LogP contribution is -2.02. The van der Waals surface area contributed by atoms with Gasteiger partial charge in [0.05, 0.1) is 81.5 Å². The molecule has 5 aromatic carbocycles. The van der Waals surface area contributed by atoms with E-state index in [4.69, 9.17) is 209 Å². The number of thioether (sulfide) groups is 2. The summed E-state index contributed by atoms with van der Waals surface area (Å²) in [6, 6.07) is 26.3. The fourth-order valence-corrected chi connectivity index (χ4v) is 21.3. The Hall–Kier alpha value is 1.68. The number of nitriles is 1. The quantitative estimate of drug-likeness (QED) is 0.0193. The second kappa shape index (κ2) is 45.2. The molecular formula is C49H61Br2Cl7NO14P5S8. The zero-order valence-corrected chi connectivity index (χ0v) is 67.1. The maximum absolute atomic E-state index is 8.60. The zero-order valence-electron chi connectivity index (χ0n) is 47.6. The van der Waals surface area contributed by atoms with Crippen LogP contribution in [0.15, 0.2) is 104 Å². The molecule has 0 amide bonds. The second-order valence-electron chi connectivity index (χ2n) is 14.6. The van der Waals surface area contributed by atoms with Gasteiger partial charge in [0.1, 0.15) is 28.0 Å². The van der Waals surface area contributed by atoms with Crippen molar-refractivity contribution in [2.24, 2.45) is 0 Å². The first kappa shape index (κ1) is 85.7. The fraction of sp³-hybridized carbons (Fsp3) is 0.367. The summed E-state index contributed by atoms with van der Waals surface area (Å²) >= 11 is 79.4. The highest BCUT2D eigenvalue weighted by Crippen LogP contribution is 2.62. The van der Waals surface area contributed by atoms with Gasteiger partial charge in [0.25, 0.3) is 0 Å². The van der Waals surface area contributed by atoms with Gasteiger partial charge in [0, 0.05) is 112 Å². The highest BCUT2D eigenvalue weighted by Gasteiger charge is 2.26. The van der Waals surface area contributed by atoms with Gasteiger partial charge in [-0.2, -0.15) is 5.26 Å². The lowest BCUT2D eigenvalue weighted by molar-refractivity contribution is 0.217. The topological polar surface area (TPSA) is 153 Å². The summed E-state index contributed by atoms with van der Waals surface area (Å²) in [7, 11) is 5.71.